The summed E-state index contributed by atoms with van der Waals surface area (Å²) in [6.07, 6.45) is 6.64. The second kappa shape index (κ2) is 3.83. The maximum atomic E-state index is 4.54. The average molecular weight is 283 g/mol. The summed E-state index contributed by atoms with van der Waals surface area (Å²) in [6, 6.07) is 4.17. The van der Waals surface area contributed by atoms with E-state index < -0.39 is 0 Å². The van der Waals surface area contributed by atoms with Gasteiger partial charge < -0.3 is 4.40 Å². The molecule has 2 nitrogen and oxygen atoms in total. The summed E-state index contributed by atoms with van der Waals surface area (Å²) in [5.74, 6) is 2.48. The van der Waals surface area contributed by atoms with Crippen LogP contribution in [0.15, 0.2) is 29.0 Å². The summed E-state index contributed by atoms with van der Waals surface area (Å²) >= 11 is 5.50. The Bertz CT molecular complexity index is 488. The molecule has 3 rings (SSSR count). The van der Waals surface area contributed by atoms with Crippen LogP contribution in [0.1, 0.15) is 23.9 Å². The lowest BCUT2D eigenvalue weighted by Gasteiger charge is -2.07. The number of thioether (sulfide) groups is 1. The van der Waals surface area contributed by atoms with Gasteiger partial charge in [-0.15, -0.1) is 0 Å². The van der Waals surface area contributed by atoms with E-state index in [4.69, 9.17) is 0 Å². The van der Waals surface area contributed by atoms with Crippen LogP contribution in [-0.2, 0) is 0 Å². The molecule has 0 aliphatic carbocycles. The van der Waals surface area contributed by atoms with Crippen LogP contribution in [0.5, 0.6) is 0 Å². The van der Waals surface area contributed by atoms with E-state index in [1.54, 1.807) is 0 Å². The van der Waals surface area contributed by atoms with Crippen molar-refractivity contribution in [3.8, 4) is 0 Å². The lowest BCUT2D eigenvalue weighted by molar-refractivity contribution is 0.774. The largest absolute Gasteiger partial charge is 0.303 e. The molecule has 4 heteroatoms. The van der Waals surface area contributed by atoms with Gasteiger partial charge in [0.05, 0.1) is 17.0 Å². The van der Waals surface area contributed by atoms with Gasteiger partial charge in [-0.25, -0.2) is 4.98 Å². The minimum Gasteiger partial charge on any atom is -0.303 e. The maximum Gasteiger partial charge on any atom is 0.126 e. The van der Waals surface area contributed by atoms with Crippen molar-refractivity contribution >= 4 is 33.2 Å². The van der Waals surface area contributed by atoms with Crippen LogP contribution in [0.4, 0.5) is 0 Å². The molecule has 15 heavy (non-hydrogen) atoms. The first-order valence-electron chi connectivity index (χ1n) is 5.09. The van der Waals surface area contributed by atoms with Gasteiger partial charge in [0, 0.05) is 10.7 Å². The molecule has 1 aliphatic rings. The van der Waals surface area contributed by atoms with E-state index in [0.29, 0.717) is 5.25 Å². The summed E-state index contributed by atoms with van der Waals surface area (Å²) in [6.45, 7) is 0. The lowest BCUT2D eigenvalue weighted by Crippen LogP contribution is -1.97. The Kier molecular flexibility index (Phi) is 2.48. The van der Waals surface area contributed by atoms with E-state index in [9.17, 15) is 0 Å². The first kappa shape index (κ1) is 9.73. The van der Waals surface area contributed by atoms with E-state index in [1.165, 1.54) is 29.9 Å². The summed E-state index contributed by atoms with van der Waals surface area (Å²) in [7, 11) is 0. The standard InChI is InChI=1S/C11H11BrN2S/c12-8-3-4-14-9(6-8)7-13-11(14)10-2-1-5-15-10/h3-4,6-7,10H,1-2,5H2. The third kappa shape index (κ3) is 1.70. The van der Waals surface area contributed by atoms with E-state index in [0.717, 1.165) is 4.47 Å². The number of fused-ring (bicyclic) bond motifs is 1. The van der Waals surface area contributed by atoms with E-state index >= 15 is 0 Å². The highest BCUT2D eigenvalue weighted by Gasteiger charge is 2.21. The molecule has 1 fully saturated rings. The zero-order valence-corrected chi connectivity index (χ0v) is 10.6. The van der Waals surface area contributed by atoms with Crippen molar-refractivity contribution < 1.29 is 0 Å². The normalized spacial score (nSPS) is 21.3. The highest BCUT2D eigenvalue weighted by Crippen LogP contribution is 2.39. The van der Waals surface area contributed by atoms with Gasteiger partial charge in [0.2, 0.25) is 0 Å². The highest BCUT2D eigenvalue weighted by molar-refractivity contribution is 9.10. The summed E-state index contributed by atoms with van der Waals surface area (Å²) in [4.78, 5) is 4.54. The van der Waals surface area contributed by atoms with Crippen LogP contribution in [0.3, 0.4) is 0 Å². The molecule has 0 aromatic carbocycles. The third-order valence-corrected chi connectivity index (χ3v) is 4.61. The molecule has 0 N–H and O–H groups in total. The molecule has 3 heterocycles. The Hall–Kier alpha value is -0.480. The van der Waals surface area contributed by atoms with E-state index in [2.05, 4.69) is 43.6 Å². The quantitative estimate of drug-likeness (QED) is 0.794. The van der Waals surface area contributed by atoms with Gasteiger partial charge in [0.25, 0.3) is 0 Å². The van der Waals surface area contributed by atoms with Crippen molar-refractivity contribution in [2.24, 2.45) is 0 Å². The van der Waals surface area contributed by atoms with Gasteiger partial charge in [0.1, 0.15) is 5.82 Å². The monoisotopic (exact) mass is 282 g/mol. The van der Waals surface area contributed by atoms with Gasteiger partial charge in [-0.05, 0) is 30.7 Å². The fourth-order valence-electron chi connectivity index (χ4n) is 2.01. The highest BCUT2D eigenvalue weighted by atomic mass is 79.9. The topological polar surface area (TPSA) is 17.3 Å². The van der Waals surface area contributed by atoms with Gasteiger partial charge in [0.15, 0.2) is 0 Å². The van der Waals surface area contributed by atoms with Crippen molar-refractivity contribution in [1.82, 2.24) is 9.38 Å². The third-order valence-electron chi connectivity index (χ3n) is 2.74. The minimum absolute atomic E-state index is 0.591. The first-order valence-corrected chi connectivity index (χ1v) is 6.93. The molecule has 0 radical (unpaired) electrons. The average Bonchev–Trinajstić information content (AvgIpc) is 2.82. The Morgan fingerprint density at radius 2 is 2.47 bits per heavy atom. The van der Waals surface area contributed by atoms with Crippen LogP contribution >= 0.6 is 27.7 Å². The zero-order chi connectivity index (χ0) is 10.3. The fraction of sp³-hybridized carbons (Fsp3) is 0.364. The molecule has 1 aliphatic heterocycles. The molecule has 2 aromatic heterocycles. The molecule has 0 spiro atoms. The van der Waals surface area contributed by atoms with E-state index in [1.807, 2.05) is 18.0 Å². The molecule has 1 atom stereocenters. The Morgan fingerprint density at radius 1 is 1.53 bits per heavy atom. The van der Waals surface area contributed by atoms with E-state index in [-0.39, 0.29) is 0 Å². The maximum absolute atomic E-state index is 4.54. The zero-order valence-electron chi connectivity index (χ0n) is 8.19. The summed E-state index contributed by atoms with van der Waals surface area (Å²) in [5.41, 5.74) is 1.17. The van der Waals surface area contributed by atoms with Crippen molar-refractivity contribution in [3.63, 3.8) is 0 Å². The molecule has 2 aromatic rings. The van der Waals surface area contributed by atoms with Crippen molar-refractivity contribution in [1.29, 1.82) is 0 Å². The Labute approximate surface area is 101 Å². The van der Waals surface area contributed by atoms with Crippen molar-refractivity contribution in [3.05, 3.63) is 34.8 Å². The predicted octanol–water partition coefficient (Wildman–Crippen LogP) is 3.66. The van der Waals surface area contributed by atoms with Crippen LogP contribution in [0, 0.1) is 0 Å². The first-order chi connectivity index (χ1) is 7.34. The number of hydrogen-bond donors (Lipinski definition) is 0. The number of hydrogen-bond acceptors (Lipinski definition) is 2. The van der Waals surface area contributed by atoms with Gasteiger partial charge >= 0.3 is 0 Å². The lowest BCUT2D eigenvalue weighted by atomic mass is 10.2. The smallest absolute Gasteiger partial charge is 0.126 e. The summed E-state index contributed by atoms with van der Waals surface area (Å²) in [5, 5.41) is 0.591. The second-order valence-electron chi connectivity index (χ2n) is 3.76. The molecule has 1 saturated heterocycles. The van der Waals surface area contributed by atoms with Crippen LogP contribution in [-0.4, -0.2) is 15.1 Å². The molecule has 0 bridgehead atoms. The summed E-state index contributed by atoms with van der Waals surface area (Å²) < 4.78 is 3.31. The van der Waals surface area contributed by atoms with Crippen molar-refractivity contribution in [2.45, 2.75) is 18.1 Å². The SMILES string of the molecule is Brc1ccn2c(C3CCCS3)ncc2c1. The Balaban J connectivity index is 2.11. The number of halogens is 1. The molecular weight excluding hydrogens is 272 g/mol. The van der Waals surface area contributed by atoms with Crippen molar-refractivity contribution in [2.75, 3.05) is 5.75 Å². The van der Waals surface area contributed by atoms with Gasteiger partial charge in [-0.1, -0.05) is 15.9 Å². The molecule has 0 amide bonds. The molecule has 0 saturated carbocycles. The number of aromatic nitrogens is 2. The minimum atomic E-state index is 0.591. The van der Waals surface area contributed by atoms with Crippen LogP contribution < -0.4 is 0 Å². The second-order valence-corrected chi connectivity index (χ2v) is 5.98. The van der Waals surface area contributed by atoms with Crippen LogP contribution in [0.2, 0.25) is 0 Å². The number of pyridine rings is 1. The number of rotatable bonds is 1. The number of nitrogens with zero attached hydrogens (tertiary/aromatic N) is 2. The Morgan fingerprint density at radius 3 is 3.27 bits per heavy atom. The molecule has 78 valence electrons. The van der Waals surface area contributed by atoms with Crippen LogP contribution in [0.25, 0.3) is 5.52 Å². The van der Waals surface area contributed by atoms with Gasteiger partial charge in [-0.2, -0.15) is 11.8 Å². The predicted molar refractivity (Wildman–Crippen MR) is 67.3 cm³/mol. The molecule has 1 unspecified atom stereocenters. The fourth-order valence-corrected chi connectivity index (χ4v) is 3.64. The van der Waals surface area contributed by atoms with Gasteiger partial charge in [-0.3, -0.25) is 0 Å². The molecular formula is C11H11BrN2S. The number of imidazole rings is 1.